The number of aliphatic carboxylic acids is 1. The smallest absolute Gasteiger partial charge is 0.310 e. The number of nitrogens with zero attached hydrogens (tertiary/aromatic N) is 1. The second-order valence-electron chi connectivity index (χ2n) is 4.96. The third kappa shape index (κ3) is 3.29. The van der Waals surface area contributed by atoms with E-state index in [-0.39, 0.29) is 6.04 Å². The van der Waals surface area contributed by atoms with E-state index in [4.69, 9.17) is 9.47 Å². The summed E-state index contributed by atoms with van der Waals surface area (Å²) in [6.07, 6.45) is 0. The zero-order valence-electron chi connectivity index (χ0n) is 11.9. The number of carboxylic acids is 1. The largest absolute Gasteiger partial charge is 0.497 e. The molecule has 0 radical (unpaired) electrons. The Balaban J connectivity index is 2.05. The Labute approximate surface area is 119 Å². The Hall–Kier alpha value is -1.59. The number of hydrogen-bond donors (Lipinski definition) is 1. The summed E-state index contributed by atoms with van der Waals surface area (Å²) in [5.41, 5.74) is 1.14. The molecule has 1 heterocycles. The quantitative estimate of drug-likeness (QED) is 0.857. The number of ether oxygens (including phenoxy) is 2. The van der Waals surface area contributed by atoms with Crippen molar-refractivity contribution in [2.24, 2.45) is 5.92 Å². The van der Waals surface area contributed by atoms with Gasteiger partial charge in [0.05, 0.1) is 26.2 Å². The first-order chi connectivity index (χ1) is 9.65. The molecular formula is C15H21NO4. The molecule has 0 bridgehead atoms. The van der Waals surface area contributed by atoms with Crippen LogP contribution in [0.3, 0.4) is 0 Å². The van der Waals surface area contributed by atoms with Crippen molar-refractivity contribution in [3.05, 3.63) is 29.8 Å². The summed E-state index contributed by atoms with van der Waals surface area (Å²) in [4.78, 5) is 13.4. The monoisotopic (exact) mass is 279 g/mol. The van der Waals surface area contributed by atoms with Gasteiger partial charge >= 0.3 is 5.97 Å². The topological polar surface area (TPSA) is 59.0 Å². The van der Waals surface area contributed by atoms with Crippen molar-refractivity contribution in [2.45, 2.75) is 19.5 Å². The molecule has 1 saturated heterocycles. The highest BCUT2D eigenvalue weighted by Gasteiger charge is 2.37. The molecule has 1 aromatic carbocycles. The van der Waals surface area contributed by atoms with E-state index in [0.29, 0.717) is 13.2 Å². The Morgan fingerprint density at radius 1 is 1.40 bits per heavy atom. The van der Waals surface area contributed by atoms with Crippen LogP contribution in [-0.2, 0) is 16.1 Å². The Morgan fingerprint density at radius 2 is 2.10 bits per heavy atom. The first kappa shape index (κ1) is 14.8. The molecule has 5 heteroatoms. The lowest BCUT2D eigenvalue weighted by atomic mass is 10.0. The van der Waals surface area contributed by atoms with Crippen LogP contribution in [0.2, 0.25) is 0 Å². The van der Waals surface area contributed by atoms with Gasteiger partial charge in [0.15, 0.2) is 0 Å². The molecule has 1 aliphatic rings. The van der Waals surface area contributed by atoms with Crippen LogP contribution in [0.1, 0.15) is 12.5 Å². The second-order valence-corrected chi connectivity index (χ2v) is 4.96. The van der Waals surface area contributed by atoms with E-state index >= 15 is 0 Å². The van der Waals surface area contributed by atoms with Crippen molar-refractivity contribution in [3.8, 4) is 5.75 Å². The first-order valence-electron chi connectivity index (χ1n) is 6.83. The van der Waals surface area contributed by atoms with E-state index in [1.165, 1.54) is 0 Å². The number of likely N-dealkylation sites (N-methyl/N-ethyl adjacent to an activating group) is 1. The Morgan fingerprint density at radius 3 is 2.65 bits per heavy atom. The molecule has 5 nitrogen and oxygen atoms in total. The molecule has 0 aliphatic carbocycles. The minimum atomic E-state index is -0.777. The SMILES string of the molecule is CCN(Cc1ccc(OC)cc1)C1COCC1C(=O)O. The molecule has 2 unspecified atom stereocenters. The van der Waals surface area contributed by atoms with E-state index in [9.17, 15) is 9.90 Å². The fraction of sp³-hybridized carbons (Fsp3) is 0.533. The molecule has 0 amide bonds. The lowest BCUT2D eigenvalue weighted by molar-refractivity contribution is -0.143. The minimum absolute atomic E-state index is 0.0559. The summed E-state index contributed by atoms with van der Waals surface area (Å²) < 4.78 is 10.5. The summed E-state index contributed by atoms with van der Waals surface area (Å²) in [5, 5.41) is 9.24. The van der Waals surface area contributed by atoms with Gasteiger partial charge in [-0.3, -0.25) is 9.69 Å². The maximum absolute atomic E-state index is 11.2. The normalized spacial score (nSPS) is 22.1. The predicted molar refractivity (Wildman–Crippen MR) is 74.8 cm³/mol. The van der Waals surface area contributed by atoms with Crippen LogP contribution in [0.15, 0.2) is 24.3 Å². The van der Waals surface area contributed by atoms with Crippen LogP contribution in [0.4, 0.5) is 0 Å². The molecule has 0 spiro atoms. The van der Waals surface area contributed by atoms with E-state index < -0.39 is 11.9 Å². The molecule has 1 aromatic rings. The molecule has 0 aromatic heterocycles. The van der Waals surface area contributed by atoms with Gasteiger partial charge in [0.25, 0.3) is 0 Å². The van der Waals surface area contributed by atoms with Crippen molar-refractivity contribution in [1.29, 1.82) is 0 Å². The lowest BCUT2D eigenvalue weighted by Gasteiger charge is -2.29. The van der Waals surface area contributed by atoms with Crippen LogP contribution < -0.4 is 4.74 Å². The van der Waals surface area contributed by atoms with Crippen molar-refractivity contribution >= 4 is 5.97 Å². The van der Waals surface area contributed by atoms with Gasteiger partial charge in [-0.2, -0.15) is 0 Å². The van der Waals surface area contributed by atoms with Gasteiger partial charge in [-0.1, -0.05) is 19.1 Å². The third-order valence-corrected chi connectivity index (χ3v) is 3.79. The summed E-state index contributed by atoms with van der Waals surface area (Å²) in [5.74, 6) is -0.390. The average molecular weight is 279 g/mol. The van der Waals surface area contributed by atoms with Crippen LogP contribution in [0.25, 0.3) is 0 Å². The molecular weight excluding hydrogens is 258 g/mol. The number of rotatable bonds is 6. The summed E-state index contributed by atoms with van der Waals surface area (Å²) in [6, 6.07) is 7.80. The highest BCUT2D eigenvalue weighted by Crippen LogP contribution is 2.22. The second kappa shape index (κ2) is 6.72. The van der Waals surface area contributed by atoms with Gasteiger partial charge in [-0.05, 0) is 24.2 Å². The number of benzene rings is 1. The number of carboxylic acid groups (broad SMARTS) is 1. The van der Waals surface area contributed by atoms with Crippen molar-refractivity contribution in [2.75, 3.05) is 26.9 Å². The maximum atomic E-state index is 11.2. The Kier molecular flexibility index (Phi) is 4.98. The van der Waals surface area contributed by atoms with E-state index in [1.807, 2.05) is 31.2 Å². The van der Waals surface area contributed by atoms with E-state index in [1.54, 1.807) is 7.11 Å². The fourth-order valence-electron chi connectivity index (χ4n) is 2.57. The third-order valence-electron chi connectivity index (χ3n) is 3.79. The van der Waals surface area contributed by atoms with Gasteiger partial charge in [0.2, 0.25) is 0 Å². The molecule has 1 aliphatic heterocycles. The number of carbonyl (C=O) groups is 1. The van der Waals surface area contributed by atoms with Crippen LogP contribution >= 0.6 is 0 Å². The predicted octanol–water partition coefficient (Wildman–Crippen LogP) is 1.62. The lowest BCUT2D eigenvalue weighted by Crippen LogP contribution is -2.42. The van der Waals surface area contributed by atoms with Crippen molar-refractivity contribution in [3.63, 3.8) is 0 Å². The highest BCUT2D eigenvalue weighted by molar-refractivity contribution is 5.71. The fourth-order valence-corrected chi connectivity index (χ4v) is 2.57. The summed E-state index contributed by atoms with van der Waals surface area (Å²) in [6.45, 7) is 4.35. The first-order valence-corrected chi connectivity index (χ1v) is 6.83. The summed E-state index contributed by atoms with van der Waals surface area (Å²) >= 11 is 0. The summed E-state index contributed by atoms with van der Waals surface area (Å²) in [7, 11) is 1.64. The maximum Gasteiger partial charge on any atom is 0.310 e. The molecule has 110 valence electrons. The van der Waals surface area contributed by atoms with Gasteiger partial charge in [0.1, 0.15) is 5.75 Å². The zero-order chi connectivity index (χ0) is 14.5. The van der Waals surface area contributed by atoms with Crippen molar-refractivity contribution in [1.82, 2.24) is 4.90 Å². The standard InChI is InChI=1S/C15H21NO4/c1-3-16(14-10-20-9-13(14)15(17)18)8-11-4-6-12(19-2)7-5-11/h4-7,13-14H,3,8-10H2,1-2H3,(H,17,18). The van der Waals surface area contributed by atoms with Gasteiger partial charge < -0.3 is 14.6 Å². The molecule has 2 rings (SSSR count). The number of methoxy groups -OCH3 is 1. The van der Waals surface area contributed by atoms with Gasteiger partial charge in [-0.15, -0.1) is 0 Å². The highest BCUT2D eigenvalue weighted by atomic mass is 16.5. The van der Waals surface area contributed by atoms with Crippen molar-refractivity contribution < 1.29 is 19.4 Å². The van der Waals surface area contributed by atoms with Gasteiger partial charge in [-0.25, -0.2) is 0 Å². The molecule has 20 heavy (non-hydrogen) atoms. The number of hydrogen-bond acceptors (Lipinski definition) is 4. The molecule has 0 saturated carbocycles. The molecule has 2 atom stereocenters. The zero-order valence-corrected chi connectivity index (χ0v) is 11.9. The van der Waals surface area contributed by atoms with E-state index in [0.717, 1.165) is 24.4 Å². The van der Waals surface area contributed by atoms with Crippen LogP contribution in [0, 0.1) is 5.92 Å². The van der Waals surface area contributed by atoms with Crippen LogP contribution in [-0.4, -0.2) is 48.9 Å². The Bertz CT molecular complexity index is 446. The molecule has 1 N–H and O–H groups in total. The van der Waals surface area contributed by atoms with Gasteiger partial charge in [0, 0.05) is 12.6 Å². The minimum Gasteiger partial charge on any atom is -0.497 e. The molecule has 1 fully saturated rings. The van der Waals surface area contributed by atoms with Crippen LogP contribution in [0.5, 0.6) is 5.75 Å². The van der Waals surface area contributed by atoms with E-state index in [2.05, 4.69) is 4.90 Å². The average Bonchev–Trinajstić information content (AvgIpc) is 2.95.